The minimum absolute atomic E-state index is 0.0922. The molecule has 4 heteroatoms. The van der Waals surface area contributed by atoms with Crippen LogP contribution in [-0.2, 0) is 0 Å². The van der Waals surface area contributed by atoms with Crippen LogP contribution in [0.3, 0.4) is 0 Å². The molecule has 0 bridgehead atoms. The minimum Gasteiger partial charge on any atom is -0.497 e. The second kappa shape index (κ2) is 6.02. The van der Waals surface area contributed by atoms with Gasteiger partial charge in [0, 0.05) is 21.8 Å². The number of carbonyl (C=O) groups is 1. The van der Waals surface area contributed by atoms with E-state index in [1.54, 1.807) is 18.9 Å². The lowest BCUT2D eigenvalue weighted by Crippen LogP contribution is -2.31. The van der Waals surface area contributed by atoms with Gasteiger partial charge in [-0.2, -0.15) is 11.8 Å². The number of ketones is 1. The van der Waals surface area contributed by atoms with Gasteiger partial charge in [0.15, 0.2) is 5.78 Å². The topological polar surface area (TPSA) is 26.3 Å². The lowest BCUT2D eigenvalue weighted by atomic mass is 10.1. The van der Waals surface area contributed by atoms with Crippen LogP contribution in [0.25, 0.3) is 0 Å². The molecule has 0 amide bonds. The van der Waals surface area contributed by atoms with Crippen molar-refractivity contribution >= 4 is 29.3 Å². The Hall–Kier alpha value is -0.610. The van der Waals surface area contributed by atoms with Crippen LogP contribution in [0.2, 0.25) is 0 Å². The third-order valence-electron chi connectivity index (χ3n) is 3.22. The first kappa shape index (κ1) is 13.8. The predicted octanol–water partition coefficient (Wildman–Crippen LogP) is 3.50. The van der Waals surface area contributed by atoms with Crippen molar-refractivity contribution in [3.63, 3.8) is 0 Å². The Balaban J connectivity index is 2.06. The molecule has 0 saturated carbocycles. The zero-order valence-corrected chi connectivity index (χ0v) is 12.5. The normalized spacial score (nSPS) is 27.8. The average Bonchev–Trinajstić information content (AvgIpc) is 2.41. The van der Waals surface area contributed by atoms with Crippen molar-refractivity contribution in [2.24, 2.45) is 0 Å². The molecule has 0 radical (unpaired) electrons. The van der Waals surface area contributed by atoms with Crippen LogP contribution in [0.1, 0.15) is 24.2 Å². The SMILES string of the molecule is COc1ccc(C(=O)C2CSC(C)C(C)S2)cc1. The molecule has 1 aromatic carbocycles. The zero-order chi connectivity index (χ0) is 13.1. The smallest absolute Gasteiger partial charge is 0.176 e. The van der Waals surface area contributed by atoms with E-state index in [2.05, 4.69) is 13.8 Å². The van der Waals surface area contributed by atoms with E-state index in [9.17, 15) is 4.79 Å². The number of ether oxygens (including phenoxy) is 1. The molecule has 0 N–H and O–H groups in total. The van der Waals surface area contributed by atoms with Crippen molar-refractivity contribution in [3.8, 4) is 5.75 Å². The van der Waals surface area contributed by atoms with E-state index in [0.29, 0.717) is 10.5 Å². The summed E-state index contributed by atoms with van der Waals surface area (Å²) in [4.78, 5) is 12.4. The largest absolute Gasteiger partial charge is 0.497 e. The van der Waals surface area contributed by atoms with Gasteiger partial charge in [0.25, 0.3) is 0 Å². The van der Waals surface area contributed by atoms with Crippen molar-refractivity contribution in [1.82, 2.24) is 0 Å². The van der Waals surface area contributed by atoms with Gasteiger partial charge in [-0.1, -0.05) is 13.8 Å². The summed E-state index contributed by atoms with van der Waals surface area (Å²) in [6.07, 6.45) is 0. The molecule has 98 valence electrons. The molecular formula is C14H18O2S2. The summed E-state index contributed by atoms with van der Waals surface area (Å²) >= 11 is 3.70. The summed E-state index contributed by atoms with van der Waals surface area (Å²) < 4.78 is 5.10. The fourth-order valence-electron chi connectivity index (χ4n) is 1.86. The number of methoxy groups -OCH3 is 1. The summed E-state index contributed by atoms with van der Waals surface area (Å²) in [6, 6.07) is 7.41. The van der Waals surface area contributed by atoms with Crippen LogP contribution in [0, 0.1) is 0 Å². The fraction of sp³-hybridized carbons (Fsp3) is 0.500. The Morgan fingerprint density at radius 2 is 1.89 bits per heavy atom. The summed E-state index contributed by atoms with van der Waals surface area (Å²) in [5.41, 5.74) is 0.788. The average molecular weight is 282 g/mol. The second-order valence-electron chi connectivity index (χ2n) is 4.46. The number of carbonyl (C=O) groups excluding carboxylic acids is 1. The van der Waals surface area contributed by atoms with Gasteiger partial charge >= 0.3 is 0 Å². The van der Waals surface area contributed by atoms with E-state index in [0.717, 1.165) is 17.1 Å². The highest BCUT2D eigenvalue weighted by Gasteiger charge is 2.30. The molecule has 2 rings (SSSR count). The molecule has 1 aliphatic heterocycles. The predicted molar refractivity (Wildman–Crippen MR) is 80.1 cm³/mol. The summed E-state index contributed by atoms with van der Waals surface area (Å²) in [5.74, 6) is 1.95. The maximum absolute atomic E-state index is 12.4. The number of hydrogen-bond donors (Lipinski definition) is 0. The van der Waals surface area contributed by atoms with Crippen molar-refractivity contribution in [2.45, 2.75) is 29.6 Å². The number of hydrogen-bond acceptors (Lipinski definition) is 4. The maximum atomic E-state index is 12.4. The molecule has 1 heterocycles. The van der Waals surface area contributed by atoms with E-state index >= 15 is 0 Å². The molecule has 3 atom stereocenters. The highest BCUT2D eigenvalue weighted by atomic mass is 32.2. The maximum Gasteiger partial charge on any atom is 0.176 e. The highest BCUT2D eigenvalue weighted by molar-refractivity contribution is 8.08. The minimum atomic E-state index is 0.0922. The molecule has 2 nitrogen and oxygen atoms in total. The molecule has 1 saturated heterocycles. The monoisotopic (exact) mass is 282 g/mol. The van der Waals surface area contributed by atoms with Gasteiger partial charge in [-0.3, -0.25) is 4.79 Å². The molecule has 18 heavy (non-hydrogen) atoms. The van der Waals surface area contributed by atoms with Crippen LogP contribution in [-0.4, -0.2) is 34.4 Å². The number of benzene rings is 1. The number of Topliss-reactive ketones (excluding diaryl/α,β-unsaturated/α-hetero) is 1. The molecule has 1 aromatic rings. The molecule has 0 aliphatic carbocycles. The summed E-state index contributed by atoms with van der Waals surface area (Å²) in [7, 11) is 1.63. The van der Waals surface area contributed by atoms with E-state index in [-0.39, 0.29) is 11.0 Å². The lowest BCUT2D eigenvalue weighted by molar-refractivity contribution is 0.0994. The van der Waals surface area contributed by atoms with Gasteiger partial charge in [0.05, 0.1) is 12.4 Å². The molecule has 1 aliphatic rings. The van der Waals surface area contributed by atoms with Crippen molar-refractivity contribution in [2.75, 3.05) is 12.9 Å². The molecule has 0 aromatic heterocycles. The van der Waals surface area contributed by atoms with Gasteiger partial charge in [-0.15, -0.1) is 11.8 Å². The van der Waals surface area contributed by atoms with E-state index in [1.807, 2.05) is 36.0 Å². The quantitative estimate of drug-likeness (QED) is 0.793. The third-order valence-corrected chi connectivity index (χ3v) is 6.61. The number of rotatable bonds is 3. The molecular weight excluding hydrogens is 264 g/mol. The van der Waals surface area contributed by atoms with E-state index in [4.69, 9.17) is 4.74 Å². The first-order valence-electron chi connectivity index (χ1n) is 6.07. The van der Waals surface area contributed by atoms with Crippen molar-refractivity contribution in [3.05, 3.63) is 29.8 Å². The Bertz CT molecular complexity index is 416. The molecule has 0 spiro atoms. The Morgan fingerprint density at radius 3 is 2.44 bits per heavy atom. The van der Waals surface area contributed by atoms with Crippen LogP contribution in [0.5, 0.6) is 5.75 Å². The van der Waals surface area contributed by atoms with Crippen LogP contribution < -0.4 is 4.74 Å². The van der Waals surface area contributed by atoms with Gasteiger partial charge in [-0.25, -0.2) is 0 Å². The van der Waals surface area contributed by atoms with E-state index in [1.165, 1.54) is 0 Å². The summed E-state index contributed by atoms with van der Waals surface area (Å²) in [5, 5.41) is 1.26. The van der Waals surface area contributed by atoms with Crippen LogP contribution in [0.4, 0.5) is 0 Å². The lowest BCUT2D eigenvalue weighted by Gasteiger charge is -2.30. The van der Waals surface area contributed by atoms with Gasteiger partial charge < -0.3 is 4.74 Å². The zero-order valence-electron chi connectivity index (χ0n) is 10.9. The van der Waals surface area contributed by atoms with Crippen LogP contribution >= 0.6 is 23.5 Å². The Labute approximate surface area is 117 Å². The van der Waals surface area contributed by atoms with Gasteiger partial charge in [0.1, 0.15) is 5.75 Å². The van der Waals surface area contributed by atoms with Gasteiger partial charge in [-0.05, 0) is 24.3 Å². The Kier molecular flexibility index (Phi) is 4.62. The first-order chi connectivity index (χ1) is 8.61. The van der Waals surface area contributed by atoms with Crippen molar-refractivity contribution < 1.29 is 9.53 Å². The molecule has 3 unspecified atom stereocenters. The summed E-state index contributed by atoms with van der Waals surface area (Å²) in [6.45, 7) is 4.44. The fourth-order valence-corrected chi connectivity index (χ4v) is 4.74. The Morgan fingerprint density at radius 1 is 1.22 bits per heavy atom. The first-order valence-corrected chi connectivity index (χ1v) is 8.06. The third kappa shape index (κ3) is 3.04. The van der Waals surface area contributed by atoms with E-state index < -0.39 is 0 Å². The van der Waals surface area contributed by atoms with Crippen LogP contribution in [0.15, 0.2) is 24.3 Å². The molecule has 1 fully saturated rings. The second-order valence-corrected chi connectivity index (χ2v) is 7.46. The highest BCUT2D eigenvalue weighted by Crippen LogP contribution is 2.37. The van der Waals surface area contributed by atoms with Crippen molar-refractivity contribution in [1.29, 1.82) is 0 Å². The number of thioether (sulfide) groups is 2. The van der Waals surface area contributed by atoms with Gasteiger partial charge in [0.2, 0.25) is 0 Å². The standard InChI is InChI=1S/C14H18O2S2/c1-9-10(2)18-13(8-17-9)14(15)11-4-6-12(16-3)7-5-11/h4-7,9-10,13H,8H2,1-3H3.